The molecule has 0 bridgehead atoms. The zero-order chi connectivity index (χ0) is 17.1. The average molecular weight is 322 g/mol. The zero-order valence-corrected chi connectivity index (χ0v) is 12.7. The van der Waals surface area contributed by atoms with Crippen molar-refractivity contribution in [2.75, 3.05) is 4.90 Å². The van der Waals surface area contributed by atoms with Crippen LogP contribution in [0.5, 0.6) is 5.75 Å². The molecule has 3 rings (SSSR count). The molecule has 0 fully saturated rings. The largest absolute Gasteiger partial charge is 0.481 e. The molecule has 0 spiro atoms. The number of carboxylic acids is 1. The number of nitriles is 1. The summed E-state index contributed by atoms with van der Waals surface area (Å²) < 4.78 is 5.54. The van der Waals surface area contributed by atoms with Crippen molar-refractivity contribution in [3.8, 4) is 11.8 Å². The van der Waals surface area contributed by atoms with Crippen LogP contribution in [-0.4, -0.2) is 23.1 Å². The van der Waals surface area contributed by atoms with E-state index in [4.69, 9.17) is 9.84 Å². The molecule has 1 heterocycles. The Labute approximate surface area is 138 Å². The molecule has 2 aromatic rings. The molecule has 1 aliphatic rings. The second-order valence-electron chi connectivity index (χ2n) is 5.37. The molecule has 120 valence electrons. The van der Waals surface area contributed by atoms with Crippen LogP contribution in [-0.2, 0) is 16.1 Å². The molecule has 1 atom stereocenters. The number of amides is 1. The minimum atomic E-state index is -1.11. The SMILES string of the molecule is N#Cc1ccccc1CN1C(=O)C(CC(=O)O)Oc2ccccc21. The Kier molecular flexibility index (Phi) is 4.17. The summed E-state index contributed by atoms with van der Waals surface area (Å²) in [6.07, 6.45) is -1.49. The van der Waals surface area contributed by atoms with E-state index in [1.807, 2.05) is 0 Å². The Bertz CT molecular complexity index is 841. The van der Waals surface area contributed by atoms with Crippen LogP contribution >= 0.6 is 0 Å². The number of aliphatic carboxylic acids is 1. The van der Waals surface area contributed by atoms with Gasteiger partial charge in [-0.25, -0.2) is 0 Å². The second kappa shape index (κ2) is 6.42. The second-order valence-corrected chi connectivity index (χ2v) is 5.37. The van der Waals surface area contributed by atoms with Gasteiger partial charge < -0.3 is 14.7 Å². The third-order valence-corrected chi connectivity index (χ3v) is 3.79. The third-order valence-electron chi connectivity index (χ3n) is 3.79. The molecule has 2 aromatic carbocycles. The lowest BCUT2D eigenvalue weighted by Gasteiger charge is -2.34. The van der Waals surface area contributed by atoms with Gasteiger partial charge in [0.15, 0.2) is 6.10 Å². The maximum absolute atomic E-state index is 12.7. The minimum Gasteiger partial charge on any atom is -0.481 e. The fourth-order valence-corrected chi connectivity index (χ4v) is 2.66. The molecule has 6 nitrogen and oxygen atoms in total. The van der Waals surface area contributed by atoms with E-state index in [9.17, 15) is 14.9 Å². The highest BCUT2D eigenvalue weighted by Gasteiger charge is 2.35. The van der Waals surface area contributed by atoms with E-state index in [-0.39, 0.29) is 6.54 Å². The number of anilines is 1. The first-order chi connectivity index (χ1) is 11.6. The van der Waals surface area contributed by atoms with E-state index in [1.54, 1.807) is 48.5 Å². The molecular formula is C18H14N2O4. The molecule has 24 heavy (non-hydrogen) atoms. The van der Waals surface area contributed by atoms with E-state index >= 15 is 0 Å². The molecule has 0 aromatic heterocycles. The van der Waals surface area contributed by atoms with Crippen LogP contribution in [0.25, 0.3) is 0 Å². The summed E-state index contributed by atoms with van der Waals surface area (Å²) in [7, 11) is 0. The molecule has 0 saturated heterocycles. The monoisotopic (exact) mass is 322 g/mol. The fraction of sp³-hybridized carbons (Fsp3) is 0.167. The van der Waals surface area contributed by atoms with Crippen LogP contribution in [0, 0.1) is 11.3 Å². The van der Waals surface area contributed by atoms with Crippen LogP contribution in [0.1, 0.15) is 17.5 Å². The van der Waals surface area contributed by atoms with Crippen molar-refractivity contribution in [2.45, 2.75) is 19.1 Å². The van der Waals surface area contributed by atoms with E-state index in [2.05, 4.69) is 6.07 Å². The Morgan fingerprint density at radius 2 is 1.92 bits per heavy atom. The number of para-hydroxylation sites is 2. The summed E-state index contributed by atoms with van der Waals surface area (Å²) in [5.41, 5.74) is 1.74. The maximum atomic E-state index is 12.7. The van der Waals surface area contributed by atoms with Crippen molar-refractivity contribution in [3.63, 3.8) is 0 Å². The van der Waals surface area contributed by atoms with Crippen molar-refractivity contribution < 1.29 is 19.4 Å². The molecule has 0 aliphatic carbocycles. The van der Waals surface area contributed by atoms with E-state index < -0.39 is 24.4 Å². The van der Waals surface area contributed by atoms with Gasteiger partial charge in [0, 0.05) is 0 Å². The lowest BCUT2D eigenvalue weighted by Crippen LogP contribution is -2.46. The molecule has 0 saturated carbocycles. The maximum Gasteiger partial charge on any atom is 0.307 e. The smallest absolute Gasteiger partial charge is 0.307 e. The van der Waals surface area contributed by atoms with E-state index in [0.717, 1.165) is 0 Å². The summed E-state index contributed by atoms with van der Waals surface area (Å²) in [5, 5.41) is 18.2. The molecule has 6 heteroatoms. The molecule has 1 unspecified atom stereocenters. The van der Waals surface area contributed by atoms with Gasteiger partial charge in [0.1, 0.15) is 5.75 Å². The number of rotatable bonds is 4. The first-order valence-corrected chi connectivity index (χ1v) is 7.37. The number of carboxylic acid groups (broad SMARTS) is 1. The number of benzene rings is 2. The van der Waals surface area contributed by atoms with Crippen LogP contribution < -0.4 is 9.64 Å². The number of hydrogen-bond donors (Lipinski definition) is 1. The topological polar surface area (TPSA) is 90.6 Å². The van der Waals surface area contributed by atoms with Gasteiger partial charge in [0.05, 0.1) is 30.3 Å². The molecule has 1 amide bonds. The summed E-state index contributed by atoms with van der Waals surface area (Å²) in [5.74, 6) is -1.08. The zero-order valence-electron chi connectivity index (χ0n) is 12.7. The van der Waals surface area contributed by atoms with Gasteiger partial charge in [-0.3, -0.25) is 9.59 Å². The highest BCUT2D eigenvalue weighted by molar-refractivity contribution is 6.01. The standard InChI is InChI=1S/C18H14N2O4/c19-10-12-5-1-2-6-13(12)11-20-14-7-3-4-8-15(14)24-16(18(20)23)9-17(21)22/h1-8,16H,9,11H2,(H,21,22). The van der Waals surface area contributed by atoms with Crippen molar-refractivity contribution in [2.24, 2.45) is 0 Å². The lowest BCUT2D eigenvalue weighted by atomic mass is 10.1. The van der Waals surface area contributed by atoms with Crippen LogP contribution in [0.4, 0.5) is 5.69 Å². The van der Waals surface area contributed by atoms with E-state index in [1.165, 1.54) is 4.90 Å². The average Bonchev–Trinajstić information content (AvgIpc) is 2.58. The molecule has 1 N–H and O–H groups in total. The number of carbonyl (C=O) groups is 2. The molecule has 0 radical (unpaired) electrons. The van der Waals surface area contributed by atoms with Crippen LogP contribution in [0.2, 0.25) is 0 Å². The number of ether oxygens (including phenoxy) is 1. The predicted molar refractivity (Wildman–Crippen MR) is 85.5 cm³/mol. The molecule has 1 aliphatic heterocycles. The van der Waals surface area contributed by atoms with Gasteiger partial charge in [-0.15, -0.1) is 0 Å². The van der Waals surface area contributed by atoms with Gasteiger partial charge in [0.2, 0.25) is 0 Å². The van der Waals surface area contributed by atoms with E-state index in [0.29, 0.717) is 22.6 Å². The quantitative estimate of drug-likeness (QED) is 0.933. The lowest BCUT2D eigenvalue weighted by molar-refractivity contribution is -0.142. The number of hydrogen-bond acceptors (Lipinski definition) is 4. The van der Waals surface area contributed by atoms with Crippen molar-refractivity contribution in [1.29, 1.82) is 5.26 Å². The van der Waals surface area contributed by atoms with Gasteiger partial charge in [0.25, 0.3) is 5.91 Å². The summed E-state index contributed by atoms with van der Waals surface area (Å²) in [6, 6.07) is 16.1. The van der Waals surface area contributed by atoms with Gasteiger partial charge in [-0.05, 0) is 23.8 Å². The molecular weight excluding hydrogens is 308 g/mol. The first kappa shape index (κ1) is 15.6. The number of nitrogens with zero attached hydrogens (tertiary/aromatic N) is 2. The fourth-order valence-electron chi connectivity index (χ4n) is 2.66. The van der Waals surface area contributed by atoms with Crippen molar-refractivity contribution in [3.05, 3.63) is 59.7 Å². The van der Waals surface area contributed by atoms with Crippen molar-refractivity contribution >= 4 is 17.6 Å². The highest BCUT2D eigenvalue weighted by atomic mass is 16.5. The first-order valence-electron chi connectivity index (χ1n) is 7.37. The summed E-state index contributed by atoms with van der Waals surface area (Å²) in [4.78, 5) is 25.2. The summed E-state index contributed by atoms with van der Waals surface area (Å²) in [6.45, 7) is 0.180. The normalized spacial score (nSPS) is 16.0. The van der Waals surface area contributed by atoms with Gasteiger partial charge in [-0.2, -0.15) is 5.26 Å². The minimum absolute atomic E-state index is 0.180. The van der Waals surface area contributed by atoms with Gasteiger partial charge in [-0.1, -0.05) is 30.3 Å². The Morgan fingerprint density at radius 3 is 2.67 bits per heavy atom. The van der Waals surface area contributed by atoms with Crippen LogP contribution in [0.3, 0.4) is 0 Å². The Morgan fingerprint density at radius 1 is 1.21 bits per heavy atom. The highest BCUT2D eigenvalue weighted by Crippen LogP contribution is 2.35. The van der Waals surface area contributed by atoms with Gasteiger partial charge >= 0.3 is 5.97 Å². The Hall–Kier alpha value is -3.33. The predicted octanol–water partition coefficient (Wildman–Crippen LogP) is 2.33. The number of fused-ring (bicyclic) bond motifs is 1. The van der Waals surface area contributed by atoms with Crippen LogP contribution in [0.15, 0.2) is 48.5 Å². The third kappa shape index (κ3) is 2.92. The summed E-state index contributed by atoms with van der Waals surface area (Å²) >= 11 is 0. The number of carbonyl (C=O) groups excluding carboxylic acids is 1. The Balaban J connectivity index is 1.99. The van der Waals surface area contributed by atoms with Crippen molar-refractivity contribution in [1.82, 2.24) is 0 Å².